The first-order valence-electron chi connectivity index (χ1n) is 11.3. The number of allylic oxidation sites excluding steroid dienone is 2. The van der Waals surface area contributed by atoms with Crippen LogP contribution in [0.4, 0.5) is 5.69 Å². The molecule has 0 bridgehead atoms. The van der Waals surface area contributed by atoms with Crippen LogP contribution in [0.5, 0.6) is 0 Å². The van der Waals surface area contributed by atoms with E-state index < -0.39 is 5.54 Å². The summed E-state index contributed by atoms with van der Waals surface area (Å²) in [7, 11) is 0. The molecule has 0 N–H and O–H groups in total. The number of benzene rings is 4. The van der Waals surface area contributed by atoms with Gasteiger partial charge in [-0.05, 0) is 54.0 Å². The summed E-state index contributed by atoms with van der Waals surface area (Å²) in [5.41, 5.74) is 4.78. The summed E-state index contributed by atoms with van der Waals surface area (Å²) in [5, 5.41) is 0.692. The number of carbonyl (C=O) groups excluding carboxylic acids is 1. The monoisotopic (exact) mass is 461 g/mol. The Bertz CT molecular complexity index is 1360. The Morgan fingerprint density at radius 1 is 0.735 bits per heavy atom. The minimum atomic E-state index is -0.544. The Balaban J connectivity index is 1.75. The quantitative estimate of drug-likeness (QED) is 0.281. The van der Waals surface area contributed by atoms with Gasteiger partial charge in [0.2, 0.25) is 0 Å². The van der Waals surface area contributed by atoms with Gasteiger partial charge >= 0.3 is 0 Å². The van der Waals surface area contributed by atoms with Crippen LogP contribution in [0.2, 0.25) is 5.02 Å². The third-order valence-corrected chi connectivity index (χ3v) is 6.55. The Labute approximate surface area is 205 Å². The van der Waals surface area contributed by atoms with Crippen molar-refractivity contribution in [2.24, 2.45) is 0 Å². The Kier molecular flexibility index (Phi) is 5.91. The SMILES string of the molecule is CC1(c2ccc(Cl)cc2)C=C(c2ccccc2)C(C(=O)c2ccccc2)=CN1c1ccccc1. The van der Waals surface area contributed by atoms with E-state index in [2.05, 4.69) is 54.3 Å². The van der Waals surface area contributed by atoms with Gasteiger partial charge in [-0.1, -0.05) is 103 Å². The number of para-hydroxylation sites is 1. The lowest BCUT2D eigenvalue weighted by atomic mass is 9.80. The average molecular weight is 462 g/mol. The first-order valence-corrected chi connectivity index (χ1v) is 11.6. The number of hydrogen-bond donors (Lipinski definition) is 0. The largest absolute Gasteiger partial charge is 0.334 e. The first-order chi connectivity index (χ1) is 16.6. The molecule has 0 radical (unpaired) electrons. The number of anilines is 1. The lowest BCUT2D eigenvalue weighted by Gasteiger charge is -2.43. The minimum Gasteiger partial charge on any atom is -0.334 e. The Morgan fingerprint density at radius 2 is 1.29 bits per heavy atom. The molecule has 0 aliphatic carbocycles. The van der Waals surface area contributed by atoms with Crippen LogP contribution in [-0.4, -0.2) is 5.78 Å². The van der Waals surface area contributed by atoms with Crippen LogP contribution in [0.15, 0.2) is 133 Å². The van der Waals surface area contributed by atoms with Gasteiger partial charge in [-0.3, -0.25) is 4.79 Å². The summed E-state index contributed by atoms with van der Waals surface area (Å²) < 4.78 is 0. The molecule has 1 atom stereocenters. The van der Waals surface area contributed by atoms with Gasteiger partial charge < -0.3 is 4.90 Å². The summed E-state index contributed by atoms with van der Waals surface area (Å²) in [5.74, 6) is -0.00482. The van der Waals surface area contributed by atoms with E-state index in [1.165, 1.54) is 0 Å². The number of halogens is 1. The summed E-state index contributed by atoms with van der Waals surface area (Å²) in [6.45, 7) is 2.17. The van der Waals surface area contributed by atoms with Crippen molar-refractivity contribution in [2.75, 3.05) is 4.90 Å². The topological polar surface area (TPSA) is 20.3 Å². The molecule has 0 aromatic heterocycles. The molecule has 1 unspecified atom stereocenters. The van der Waals surface area contributed by atoms with E-state index in [1.54, 1.807) is 0 Å². The molecular weight excluding hydrogens is 438 g/mol. The summed E-state index contributed by atoms with van der Waals surface area (Å²) in [4.78, 5) is 16.0. The molecule has 4 aromatic rings. The number of rotatable bonds is 5. The lowest BCUT2D eigenvalue weighted by Crippen LogP contribution is -2.42. The highest BCUT2D eigenvalue weighted by Crippen LogP contribution is 2.43. The lowest BCUT2D eigenvalue weighted by molar-refractivity contribution is 0.103. The Morgan fingerprint density at radius 3 is 1.91 bits per heavy atom. The van der Waals surface area contributed by atoms with Crippen molar-refractivity contribution in [1.82, 2.24) is 0 Å². The zero-order valence-corrected chi connectivity index (χ0v) is 19.6. The zero-order chi connectivity index (χ0) is 23.5. The maximum Gasteiger partial charge on any atom is 0.195 e. The molecule has 0 saturated heterocycles. The van der Waals surface area contributed by atoms with E-state index in [0.29, 0.717) is 16.2 Å². The molecule has 5 rings (SSSR count). The van der Waals surface area contributed by atoms with Crippen LogP contribution in [0, 0.1) is 0 Å². The molecule has 3 heteroatoms. The minimum absolute atomic E-state index is 0.00482. The predicted octanol–water partition coefficient (Wildman–Crippen LogP) is 7.93. The molecule has 166 valence electrons. The van der Waals surface area contributed by atoms with Crippen molar-refractivity contribution in [2.45, 2.75) is 12.5 Å². The van der Waals surface area contributed by atoms with Crippen LogP contribution >= 0.6 is 11.6 Å². The summed E-state index contributed by atoms with van der Waals surface area (Å²) in [6, 6.07) is 37.6. The van der Waals surface area contributed by atoms with Crippen LogP contribution in [0.25, 0.3) is 5.57 Å². The fraction of sp³-hybridized carbons (Fsp3) is 0.0645. The second kappa shape index (κ2) is 9.17. The van der Waals surface area contributed by atoms with Gasteiger partial charge in [0.15, 0.2) is 5.78 Å². The fourth-order valence-corrected chi connectivity index (χ4v) is 4.61. The predicted molar refractivity (Wildman–Crippen MR) is 141 cm³/mol. The number of carbonyl (C=O) groups is 1. The van der Waals surface area contributed by atoms with Crippen LogP contribution in [-0.2, 0) is 5.54 Å². The van der Waals surface area contributed by atoms with Crippen molar-refractivity contribution in [3.63, 3.8) is 0 Å². The molecule has 0 fully saturated rings. The second-order valence-electron chi connectivity index (χ2n) is 8.52. The van der Waals surface area contributed by atoms with E-state index in [-0.39, 0.29) is 5.78 Å². The van der Waals surface area contributed by atoms with Gasteiger partial charge in [-0.15, -0.1) is 0 Å². The number of hydrogen-bond acceptors (Lipinski definition) is 2. The molecule has 1 aliphatic rings. The zero-order valence-electron chi connectivity index (χ0n) is 18.9. The first kappa shape index (κ1) is 21.9. The van der Waals surface area contributed by atoms with Gasteiger partial charge in [0.1, 0.15) is 0 Å². The van der Waals surface area contributed by atoms with Crippen molar-refractivity contribution < 1.29 is 4.79 Å². The van der Waals surface area contributed by atoms with Crippen LogP contribution in [0.1, 0.15) is 28.4 Å². The third-order valence-electron chi connectivity index (χ3n) is 6.30. The smallest absolute Gasteiger partial charge is 0.195 e. The molecule has 2 nitrogen and oxygen atoms in total. The molecule has 0 spiro atoms. The highest BCUT2D eigenvalue weighted by atomic mass is 35.5. The highest BCUT2D eigenvalue weighted by molar-refractivity contribution is 6.30. The maximum atomic E-state index is 13.8. The molecule has 0 saturated carbocycles. The molecule has 1 aliphatic heterocycles. The second-order valence-corrected chi connectivity index (χ2v) is 8.96. The third kappa shape index (κ3) is 4.09. The average Bonchev–Trinajstić information content (AvgIpc) is 2.90. The molecule has 34 heavy (non-hydrogen) atoms. The highest BCUT2D eigenvalue weighted by Gasteiger charge is 2.37. The van der Waals surface area contributed by atoms with E-state index in [0.717, 1.165) is 22.4 Å². The van der Waals surface area contributed by atoms with Crippen molar-refractivity contribution in [3.05, 3.63) is 155 Å². The van der Waals surface area contributed by atoms with Crippen molar-refractivity contribution >= 4 is 28.6 Å². The summed E-state index contributed by atoms with van der Waals surface area (Å²) >= 11 is 6.22. The van der Waals surface area contributed by atoms with Gasteiger partial charge in [-0.2, -0.15) is 0 Å². The van der Waals surface area contributed by atoms with Crippen LogP contribution in [0.3, 0.4) is 0 Å². The maximum absolute atomic E-state index is 13.8. The molecule has 4 aromatic carbocycles. The van der Waals surface area contributed by atoms with Gasteiger partial charge in [0.25, 0.3) is 0 Å². The van der Waals surface area contributed by atoms with Crippen LogP contribution < -0.4 is 4.90 Å². The van der Waals surface area contributed by atoms with E-state index in [9.17, 15) is 4.79 Å². The number of ketones is 1. The number of Topliss-reactive ketones (excluding diaryl/α,β-unsaturated/α-hetero) is 1. The van der Waals surface area contributed by atoms with Crippen molar-refractivity contribution in [3.8, 4) is 0 Å². The van der Waals surface area contributed by atoms with Gasteiger partial charge in [0, 0.05) is 28.0 Å². The van der Waals surface area contributed by atoms with Gasteiger partial charge in [-0.25, -0.2) is 0 Å². The van der Waals surface area contributed by atoms with E-state index in [1.807, 2.05) is 85.1 Å². The van der Waals surface area contributed by atoms with E-state index in [4.69, 9.17) is 11.6 Å². The van der Waals surface area contributed by atoms with Crippen molar-refractivity contribution in [1.29, 1.82) is 0 Å². The normalized spacial score (nSPS) is 17.6. The standard InChI is InChI=1S/C31H24ClNO/c1-31(25-17-19-26(32)20-18-25)21-28(23-11-5-2-6-12-23)29(30(34)24-13-7-3-8-14-24)22-33(31)27-15-9-4-10-16-27/h2-22H,1H3. The number of nitrogens with zero attached hydrogens (tertiary/aromatic N) is 1. The fourth-order valence-electron chi connectivity index (χ4n) is 4.48. The molecular formula is C31H24ClNO. The van der Waals surface area contributed by atoms with E-state index >= 15 is 0 Å². The molecule has 0 amide bonds. The Hall–Kier alpha value is -3.88. The summed E-state index contributed by atoms with van der Waals surface area (Å²) in [6.07, 6.45) is 4.20. The van der Waals surface area contributed by atoms with Gasteiger partial charge in [0.05, 0.1) is 5.54 Å². The molecule has 1 heterocycles.